The van der Waals surface area contributed by atoms with E-state index in [9.17, 15) is 5.11 Å². The zero-order chi connectivity index (χ0) is 21.3. The number of anilines is 1. The van der Waals surface area contributed by atoms with Gasteiger partial charge in [-0.2, -0.15) is 0 Å². The van der Waals surface area contributed by atoms with E-state index in [2.05, 4.69) is 40.9 Å². The summed E-state index contributed by atoms with van der Waals surface area (Å²) in [6.07, 6.45) is 1.77. The predicted octanol–water partition coefficient (Wildman–Crippen LogP) is 3.18. The van der Waals surface area contributed by atoms with Gasteiger partial charge in [0.2, 0.25) is 5.88 Å². The molecule has 1 N–H and O–H groups in total. The molecule has 0 bridgehead atoms. The van der Waals surface area contributed by atoms with Gasteiger partial charge in [0, 0.05) is 52.0 Å². The lowest BCUT2D eigenvalue weighted by Gasteiger charge is -2.28. The van der Waals surface area contributed by atoms with Crippen molar-refractivity contribution in [1.29, 1.82) is 0 Å². The number of rotatable bonds is 12. The van der Waals surface area contributed by atoms with E-state index in [0.29, 0.717) is 19.7 Å². The summed E-state index contributed by atoms with van der Waals surface area (Å²) in [5.74, 6) is 0.803. The fraction of sp³-hybridized carbons (Fsp3) is 0.609. The number of aliphatic hydroxyl groups excluding tert-OH is 1. The maximum Gasteiger partial charge on any atom is 0.232 e. The molecular weight excluding hydrogens is 382 g/mol. The number of hydrogen-bond donors (Lipinski definition) is 1. The summed E-state index contributed by atoms with van der Waals surface area (Å²) in [5, 5.41) is 14.9. The van der Waals surface area contributed by atoms with Crippen LogP contribution in [0.1, 0.15) is 32.3 Å². The number of ether oxygens (including phenoxy) is 2. The highest BCUT2D eigenvalue weighted by Crippen LogP contribution is 2.32. The van der Waals surface area contributed by atoms with Crippen LogP contribution in [-0.2, 0) is 16.0 Å². The Morgan fingerprint density at radius 3 is 2.63 bits per heavy atom. The van der Waals surface area contributed by atoms with Gasteiger partial charge < -0.3 is 24.0 Å². The summed E-state index contributed by atoms with van der Waals surface area (Å²) >= 11 is 0. The first-order chi connectivity index (χ1) is 14.7. The average molecular weight is 418 g/mol. The minimum absolute atomic E-state index is 0.191. The van der Waals surface area contributed by atoms with Crippen molar-refractivity contribution in [2.75, 3.05) is 51.4 Å². The van der Waals surface area contributed by atoms with Crippen molar-refractivity contribution in [2.24, 2.45) is 0 Å². The maximum atomic E-state index is 10.4. The van der Waals surface area contributed by atoms with Crippen molar-refractivity contribution in [3.63, 3.8) is 0 Å². The second-order valence-corrected chi connectivity index (χ2v) is 7.79. The summed E-state index contributed by atoms with van der Waals surface area (Å²) in [7, 11) is 1.61. The first-order valence-corrected chi connectivity index (χ1v) is 11.0. The Morgan fingerprint density at radius 1 is 1.23 bits per heavy atom. The third kappa shape index (κ3) is 5.82. The van der Waals surface area contributed by atoms with Gasteiger partial charge in [-0.25, -0.2) is 0 Å². The Bertz CT molecular complexity index is 742. The molecule has 1 saturated heterocycles. The van der Waals surface area contributed by atoms with Crippen LogP contribution in [0.5, 0.6) is 0 Å². The molecule has 3 rings (SSSR count). The first kappa shape index (κ1) is 22.7. The number of methoxy groups -OCH3 is 1. The minimum atomic E-state index is -0.562. The zero-order valence-electron chi connectivity index (χ0n) is 18.4. The lowest BCUT2D eigenvalue weighted by atomic mass is 10.1. The Kier molecular flexibility index (Phi) is 8.69. The standard InChI is InChI=1S/C23H35N3O4/c1-4-26(5-2)23-21(22(24-30-23)18-10-7-6-8-11-18)16-25(14-19(27)17-28-3)15-20-12-9-13-29-20/h6-8,10-11,19-20,27H,4-5,9,12-17H2,1-3H3. The van der Waals surface area contributed by atoms with Gasteiger partial charge in [-0.3, -0.25) is 4.90 Å². The molecule has 0 amide bonds. The highest BCUT2D eigenvalue weighted by Gasteiger charge is 2.27. The Balaban J connectivity index is 1.91. The number of hydrogen-bond acceptors (Lipinski definition) is 7. The molecule has 1 aromatic carbocycles. The number of aliphatic hydroxyl groups is 1. The van der Waals surface area contributed by atoms with Crippen LogP contribution < -0.4 is 4.90 Å². The molecule has 0 saturated carbocycles. The Hall–Kier alpha value is -1.93. The fourth-order valence-electron chi connectivity index (χ4n) is 4.07. The Labute approximate surface area is 179 Å². The van der Waals surface area contributed by atoms with Crippen LogP contribution in [0, 0.1) is 0 Å². The van der Waals surface area contributed by atoms with Crippen molar-refractivity contribution in [3.8, 4) is 11.3 Å². The summed E-state index contributed by atoms with van der Waals surface area (Å²) < 4.78 is 16.9. The molecule has 30 heavy (non-hydrogen) atoms. The molecule has 0 aliphatic carbocycles. The lowest BCUT2D eigenvalue weighted by Crippen LogP contribution is -2.39. The first-order valence-electron chi connectivity index (χ1n) is 11.0. The van der Waals surface area contributed by atoms with E-state index in [4.69, 9.17) is 14.0 Å². The van der Waals surface area contributed by atoms with E-state index in [0.717, 1.165) is 61.8 Å². The molecule has 2 unspecified atom stereocenters. The Morgan fingerprint density at radius 2 is 2.00 bits per heavy atom. The second-order valence-electron chi connectivity index (χ2n) is 7.79. The molecule has 2 atom stereocenters. The van der Waals surface area contributed by atoms with Gasteiger partial charge >= 0.3 is 0 Å². The van der Waals surface area contributed by atoms with Crippen molar-refractivity contribution in [3.05, 3.63) is 35.9 Å². The van der Waals surface area contributed by atoms with Gasteiger partial charge in [0.05, 0.1) is 24.4 Å². The summed E-state index contributed by atoms with van der Waals surface area (Å²) in [4.78, 5) is 4.43. The van der Waals surface area contributed by atoms with Gasteiger partial charge in [-0.1, -0.05) is 35.5 Å². The number of aromatic nitrogens is 1. The van der Waals surface area contributed by atoms with Gasteiger partial charge in [0.25, 0.3) is 0 Å². The summed E-state index contributed by atoms with van der Waals surface area (Å²) in [5.41, 5.74) is 2.94. The number of nitrogens with zero attached hydrogens (tertiary/aromatic N) is 3. The molecule has 1 aromatic heterocycles. The van der Waals surface area contributed by atoms with Crippen molar-refractivity contribution < 1.29 is 19.1 Å². The third-order valence-electron chi connectivity index (χ3n) is 5.56. The molecule has 166 valence electrons. The molecule has 7 heteroatoms. The highest BCUT2D eigenvalue weighted by molar-refractivity contribution is 5.68. The topological polar surface area (TPSA) is 71.2 Å². The average Bonchev–Trinajstić information content (AvgIpc) is 3.40. The maximum absolute atomic E-state index is 10.4. The van der Waals surface area contributed by atoms with Crippen LogP contribution in [0.3, 0.4) is 0 Å². The monoisotopic (exact) mass is 417 g/mol. The zero-order valence-corrected chi connectivity index (χ0v) is 18.4. The molecule has 1 aliphatic heterocycles. The van der Waals surface area contributed by atoms with Crippen LogP contribution in [0.4, 0.5) is 5.88 Å². The smallest absolute Gasteiger partial charge is 0.232 e. The SMILES string of the molecule is CCN(CC)c1onc(-c2ccccc2)c1CN(CC(O)COC)CC1CCCO1. The molecule has 1 fully saturated rings. The van der Waals surface area contributed by atoms with Crippen molar-refractivity contribution in [2.45, 2.75) is 45.4 Å². The van der Waals surface area contributed by atoms with E-state index in [1.807, 2.05) is 18.2 Å². The molecule has 0 radical (unpaired) electrons. The van der Waals surface area contributed by atoms with Gasteiger partial charge in [0.15, 0.2) is 0 Å². The van der Waals surface area contributed by atoms with Crippen LogP contribution in [0.25, 0.3) is 11.3 Å². The van der Waals surface area contributed by atoms with E-state index in [1.54, 1.807) is 7.11 Å². The molecular formula is C23H35N3O4. The second kappa shape index (κ2) is 11.5. The van der Waals surface area contributed by atoms with Gasteiger partial charge in [0.1, 0.15) is 5.69 Å². The van der Waals surface area contributed by atoms with Gasteiger partial charge in [-0.05, 0) is 26.7 Å². The fourth-order valence-corrected chi connectivity index (χ4v) is 4.07. The van der Waals surface area contributed by atoms with Crippen LogP contribution in [0.2, 0.25) is 0 Å². The van der Waals surface area contributed by atoms with E-state index in [-0.39, 0.29) is 6.10 Å². The lowest BCUT2D eigenvalue weighted by molar-refractivity contribution is 0.0157. The summed E-state index contributed by atoms with van der Waals surface area (Å²) in [6, 6.07) is 10.1. The molecule has 7 nitrogen and oxygen atoms in total. The number of benzene rings is 1. The van der Waals surface area contributed by atoms with E-state index >= 15 is 0 Å². The normalized spacial score (nSPS) is 17.6. The van der Waals surface area contributed by atoms with Gasteiger partial charge in [-0.15, -0.1) is 0 Å². The largest absolute Gasteiger partial charge is 0.389 e. The van der Waals surface area contributed by atoms with Crippen molar-refractivity contribution in [1.82, 2.24) is 10.1 Å². The van der Waals surface area contributed by atoms with E-state index in [1.165, 1.54) is 0 Å². The van der Waals surface area contributed by atoms with E-state index < -0.39 is 6.10 Å². The van der Waals surface area contributed by atoms with Crippen molar-refractivity contribution >= 4 is 5.88 Å². The minimum Gasteiger partial charge on any atom is -0.389 e. The van der Waals surface area contributed by atoms with Crippen LogP contribution in [-0.4, -0.2) is 73.9 Å². The third-order valence-corrected chi connectivity index (χ3v) is 5.56. The predicted molar refractivity (Wildman–Crippen MR) is 118 cm³/mol. The van der Waals surface area contributed by atoms with Crippen LogP contribution >= 0.6 is 0 Å². The molecule has 1 aliphatic rings. The molecule has 2 aromatic rings. The molecule has 2 heterocycles. The quantitative estimate of drug-likeness (QED) is 0.569. The highest BCUT2D eigenvalue weighted by atomic mass is 16.5. The molecule has 0 spiro atoms. The van der Waals surface area contributed by atoms with Crippen LogP contribution in [0.15, 0.2) is 34.9 Å². The summed E-state index contributed by atoms with van der Waals surface area (Å²) in [6.45, 7) is 8.92.